The first-order valence-corrected chi connectivity index (χ1v) is 7.53. The molecule has 5 nitrogen and oxygen atoms in total. The number of H-pyrrole nitrogens is 1. The van der Waals surface area contributed by atoms with Gasteiger partial charge in [0.05, 0.1) is 6.10 Å². The normalized spacial score (nSPS) is 21.0. The average molecular weight is 321 g/mol. The standard InChI is InChI=1S/C16H17F2N3O2/c17-10-7-11(18)9-14(8-10)23-13-3-1-12(2-4-13)21-16(22)15-19-5-6-20-15/h5-9,12-13H,1-4H2,(H,19,20)(H,21,22). The van der Waals surface area contributed by atoms with Gasteiger partial charge in [-0.3, -0.25) is 4.79 Å². The van der Waals surface area contributed by atoms with Crippen LogP contribution in [0.2, 0.25) is 0 Å². The van der Waals surface area contributed by atoms with E-state index in [2.05, 4.69) is 15.3 Å². The molecule has 1 aromatic heterocycles. The Bertz CT molecular complexity index is 648. The van der Waals surface area contributed by atoms with Crippen molar-refractivity contribution in [2.24, 2.45) is 0 Å². The SMILES string of the molecule is O=C(NC1CCC(Oc2cc(F)cc(F)c2)CC1)c1ncc[nH]1. The van der Waals surface area contributed by atoms with Gasteiger partial charge in [0.1, 0.15) is 17.4 Å². The van der Waals surface area contributed by atoms with Gasteiger partial charge in [0.15, 0.2) is 5.82 Å². The first-order chi connectivity index (χ1) is 11.1. The van der Waals surface area contributed by atoms with Gasteiger partial charge in [-0.1, -0.05) is 0 Å². The lowest BCUT2D eigenvalue weighted by molar-refractivity contribution is 0.0884. The van der Waals surface area contributed by atoms with E-state index in [1.807, 2.05) is 0 Å². The maximum Gasteiger partial charge on any atom is 0.287 e. The number of rotatable bonds is 4. The van der Waals surface area contributed by atoms with Crippen molar-refractivity contribution in [3.05, 3.63) is 48.1 Å². The molecule has 0 spiro atoms. The number of hydrogen-bond donors (Lipinski definition) is 2. The van der Waals surface area contributed by atoms with Crippen LogP contribution in [0.25, 0.3) is 0 Å². The van der Waals surface area contributed by atoms with Gasteiger partial charge < -0.3 is 15.0 Å². The summed E-state index contributed by atoms with van der Waals surface area (Å²) in [6.45, 7) is 0. The predicted molar refractivity (Wildman–Crippen MR) is 79.1 cm³/mol. The molecule has 1 aromatic carbocycles. The van der Waals surface area contributed by atoms with Crippen LogP contribution in [0, 0.1) is 11.6 Å². The Morgan fingerprint density at radius 2 is 1.87 bits per heavy atom. The summed E-state index contributed by atoms with van der Waals surface area (Å²) >= 11 is 0. The number of halogens is 2. The Morgan fingerprint density at radius 1 is 1.17 bits per heavy atom. The number of carbonyl (C=O) groups excluding carboxylic acids is 1. The molecule has 0 atom stereocenters. The molecule has 1 aliphatic carbocycles. The summed E-state index contributed by atoms with van der Waals surface area (Å²) in [5.74, 6) is -1.05. The predicted octanol–water partition coefficient (Wildman–Crippen LogP) is 2.81. The fraction of sp³-hybridized carbons (Fsp3) is 0.375. The van der Waals surface area contributed by atoms with E-state index < -0.39 is 11.6 Å². The minimum atomic E-state index is -0.653. The van der Waals surface area contributed by atoms with E-state index in [-0.39, 0.29) is 23.8 Å². The zero-order valence-electron chi connectivity index (χ0n) is 12.4. The van der Waals surface area contributed by atoms with E-state index in [9.17, 15) is 13.6 Å². The van der Waals surface area contributed by atoms with E-state index >= 15 is 0 Å². The number of benzene rings is 1. The summed E-state index contributed by atoms with van der Waals surface area (Å²) in [5.41, 5.74) is 0. The van der Waals surface area contributed by atoms with Crippen LogP contribution in [-0.2, 0) is 0 Å². The van der Waals surface area contributed by atoms with Crippen LogP contribution in [0.4, 0.5) is 8.78 Å². The van der Waals surface area contributed by atoms with Crippen LogP contribution in [0.1, 0.15) is 36.3 Å². The lowest BCUT2D eigenvalue weighted by atomic mass is 9.93. The maximum atomic E-state index is 13.1. The minimum absolute atomic E-state index is 0.0525. The summed E-state index contributed by atoms with van der Waals surface area (Å²) in [6, 6.07) is 3.21. The number of nitrogens with zero attached hydrogens (tertiary/aromatic N) is 1. The molecule has 23 heavy (non-hydrogen) atoms. The molecule has 2 N–H and O–H groups in total. The summed E-state index contributed by atoms with van der Waals surface area (Å²) in [4.78, 5) is 18.6. The quantitative estimate of drug-likeness (QED) is 0.910. The number of aromatic nitrogens is 2. The molecule has 0 aliphatic heterocycles. The second-order valence-corrected chi connectivity index (χ2v) is 5.61. The van der Waals surface area contributed by atoms with Crippen molar-refractivity contribution in [2.45, 2.75) is 37.8 Å². The van der Waals surface area contributed by atoms with Crippen molar-refractivity contribution in [1.29, 1.82) is 0 Å². The molecular formula is C16H17F2N3O2. The number of nitrogens with one attached hydrogen (secondary N) is 2. The number of carbonyl (C=O) groups is 1. The zero-order valence-corrected chi connectivity index (χ0v) is 12.4. The van der Waals surface area contributed by atoms with Gasteiger partial charge >= 0.3 is 0 Å². The van der Waals surface area contributed by atoms with Crippen molar-refractivity contribution in [1.82, 2.24) is 15.3 Å². The third-order valence-corrected chi connectivity index (χ3v) is 3.86. The fourth-order valence-corrected chi connectivity index (χ4v) is 2.76. The van der Waals surface area contributed by atoms with E-state index in [0.717, 1.165) is 18.9 Å². The molecule has 122 valence electrons. The second-order valence-electron chi connectivity index (χ2n) is 5.61. The number of ether oxygens (including phenoxy) is 1. The Hall–Kier alpha value is -2.44. The molecule has 3 rings (SSSR count). The van der Waals surface area contributed by atoms with Crippen molar-refractivity contribution in [3.63, 3.8) is 0 Å². The molecule has 0 bridgehead atoms. The highest BCUT2D eigenvalue weighted by Crippen LogP contribution is 2.25. The van der Waals surface area contributed by atoms with Gasteiger partial charge in [-0.25, -0.2) is 13.8 Å². The monoisotopic (exact) mass is 321 g/mol. The zero-order chi connectivity index (χ0) is 16.2. The fourth-order valence-electron chi connectivity index (χ4n) is 2.76. The summed E-state index contributed by atoms with van der Waals surface area (Å²) < 4.78 is 31.9. The molecule has 0 saturated heterocycles. The molecule has 2 aromatic rings. The molecule has 1 saturated carbocycles. The summed E-state index contributed by atoms with van der Waals surface area (Å²) in [5, 5.41) is 2.92. The van der Waals surface area contributed by atoms with E-state index in [0.29, 0.717) is 18.7 Å². The van der Waals surface area contributed by atoms with Gasteiger partial charge in [-0.05, 0) is 25.7 Å². The second kappa shape index (κ2) is 6.76. The average Bonchev–Trinajstić information content (AvgIpc) is 3.02. The van der Waals surface area contributed by atoms with E-state index in [4.69, 9.17) is 4.74 Å². The first kappa shape index (κ1) is 15.5. The molecule has 1 amide bonds. The van der Waals surface area contributed by atoms with Gasteiger partial charge in [0.25, 0.3) is 5.91 Å². The van der Waals surface area contributed by atoms with Crippen LogP contribution < -0.4 is 10.1 Å². The molecule has 0 unspecified atom stereocenters. The van der Waals surface area contributed by atoms with E-state index in [1.165, 1.54) is 18.3 Å². The highest BCUT2D eigenvalue weighted by molar-refractivity contribution is 5.90. The van der Waals surface area contributed by atoms with Crippen LogP contribution in [-0.4, -0.2) is 28.0 Å². The van der Waals surface area contributed by atoms with Crippen LogP contribution in [0.3, 0.4) is 0 Å². The number of imidazole rings is 1. The largest absolute Gasteiger partial charge is 0.490 e. The molecular weight excluding hydrogens is 304 g/mol. The lowest BCUT2D eigenvalue weighted by Gasteiger charge is -2.29. The van der Waals surface area contributed by atoms with Crippen molar-refractivity contribution in [2.75, 3.05) is 0 Å². The Morgan fingerprint density at radius 3 is 2.48 bits per heavy atom. The van der Waals surface area contributed by atoms with Gasteiger partial charge in [-0.15, -0.1) is 0 Å². The van der Waals surface area contributed by atoms with Crippen molar-refractivity contribution >= 4 is 5.91 Å². The Balaban J connectivity index is 1.49. The topological polar surface area (TPSA) is 67.0 Å². The molecule has 0 radical (unpaired) electrons. The number of amides is 1. The lowest BCUT2D eigenvalue weighted by Crippen LogP contribution is -2.40. The van der Waals surface area contributed by atoms with Gasteiger partial charge in [0, 0.05) is 36.6 Å². The first-order valence-electron chi connectivity index (χ1n) is 7.53. The number of hydrogen-bond acceptors (Lipinski definition) is 3. The maximum absolute atomic E-state index is 13.1. The number of aromatic amines is 1. The Labute approximate surface area is 132 Å². The van der Waals surface area contributed by atoms with Crippen molar-refractivity contribution in [3.8, 4) is 5.75 Å². The van der Waals surface area contributed by atoms with Crippen LogP contribution in [0.15, 0.2) is 30.6 Å². The van der Waals surface area contributed by atoms with Gasteiger partial charge in [-0.2, -0.15) is 0 Å². The van der Waals surface area contributed by atoms with E-state index in [1.54, 1.807) is 6.20 Å². The smallest absolute Gasteiger partial charge is 0.287 e. The highest BCUT2D eigenvalue weighted by atomic mass is 19.1. The third-order valence-electron chi connectivity index (χ3n) is 3.86. The molecule has 1 aliphatic rings. The third kappa shape index (κ3) is 4.06. The summed E-state index contributed by atoms with van der Waals surface area (Å²) in [6.07, 6.45) is 5.93. The highest BCUT2D eigenvalue weighted by Gasteiger charge is 2.24. The summed E-state index contributed by atoms with van der Waals surface area (Å²) in [7, 11) is 0. The minimum Gasteiger partial charge on any atom is -0.490 e. The molecule has 7 heteroatoms. The van der Waals surface area contributed by atoms with Crippen LogP contribution >= 0.6 is 0 Å². The van der Waals surface area contributed by atoms with Gasteiger partial charge in [0.2, 0.25) is 0 Å². The molecule has 1 fully saturated rings. The Kier molecular flexibility index (Phi) is 4.55. The van der Waals surface area contributed by atoms with Crippen LogP contribution in [0.5, 0.6) is 5.75 Å². The molecule has 1 heterocycles. The van der Waals surface area contributed by atoms with Crippen molar-refractivity contribution < 1.29 is 18.3 Å².